The molecule has 2 aromatic carbocycles. The molecule has 4 nitrogen and oxygen atoms in total. The van der Waals surface area contributed by atoms with Crippen LogP contribution in [-0.2, 0) is 32.3 Å². The van der Waals surface area contributed by atoms with Gasteiger partial charge in [0.2, 0.25) is 0 Å². The van der Waals surface area contributed by atoms with E-state index in [4.69, 9.17) is 0 Å². The van der Waals surface area contributed by atoms with Crippen LogP contribution in [0.25, 0.3) is 10.8 Å². The minimum absolute atomic E-state index is 0. The van der Waals surface area contributed by atoms with Gasteiger partial charge >= 0.3 is 21.1 Å². The number of carbonyl (C=O) groups is 1. The summed E-state index contributed by atoms with van der Waals surface area (Å²) in [5, 5.41) is 5.56. The van der Waals surface area contributed by atoms with Crippen LogP contribution < -0.4 is 10.2 Å². The van der Waals surface area contributed by atoms with Gasteiger partial charge in [-0.25, -0.2) is 4.98 Å². The number of anilines is 1. The molecule has 1 aliphatic heterocycles. The summed E-state index contributed by atoms with van der Waals surface area (Å²) in [4.78, 5) is 19.8. The van der Waals surface area contributed by atoms with E-state index in [-0.39, 0.29) is 33.0 Å². The third-order valence-electron chi connectivity index (χ3n) is 5.26. The maximum atomic E-state index is 13.3. The summed E-state index contributed by atoms with van der Waals surface area (Å²) in [6, 6.07) is 21.4. The minimum atomic E-state index is 0. The van der Waals surface area contributed by atoms with Gasteiger partial charge < -0.3 is 21.4 Å². The Hall–Kier alpha value is -2.16. The average molecular weight is 555 g/mol. The fourth-order valence-electron chi connectivity index (χ4n) is 3.84. The van der Waals surface area contributed by atoms with E-state index in [0.29, 0.717) is 6.42 Å². The van der Waals surface area contributed by atoms with Crippen molar-refractivity contribution in [1.82, 2.24) is 10.3 Å². The SMILES string of the molecule is O=C([CH-]CCc1[c-]cccc1)N(c1nccc2ccccc12)C1CCCNC1.[W+2]. The monoisotopic (exact) mass is 555 g/mol. The van der Waals surface area contributed by atoms with Crippen LogP contribution in [0.2, 0.25) is 0 Å². The molecule has 1 saturated heterocycles. The molecule has 0 spiro atoms. The zero-order valence-corrected chi connectivity index (χ0v) is 19.3. The molecule has 1 atom stereocenters. The summed E-state index contributed by atoms with van der Waals surface area (Å²) in [5.41, 5.74) is 1.13. The Morgan fingerprint density at radius 2 is 2.07 bits per heavy atom. The molecule has 1 unspecified atom stereocenters. The molecule has 0 radical (unpaired) electrons. The topological polar surface area (TPSA) is 45.2 Å². The van der Waals surface area contributed by atoms with Crippen LogP contribution in [0.15, 0.2) is 60.8 Å². The van der Waals surface area contributed by atoms with Crippen LogP contribution in [0, 0.1) is 12.5 Å². The molecular formula is C24H25N3OW. The number of hydrogen-bond acceptors (Lipinski definition) is 3. The molecular weight excluding hydrogens is 530 g/mol. The average Bonchev–Trinajstić information content (AvgIpc) is 2.76. The Kier molecular flexibility index (Phi) is 7.85. The summed E-state index contributed by atoms with van der Waals surface area (Å²) in [6.45, 7) is 1.81. The molecule has 29 heavy (non-hydrogen) atoms. The van der Waals surface area contributed by atoms with Crippen molar-refractivity contribution in [2.75, 3.05) is 18.0 Å². The van der Waals surface area contributed by atoms with Crippen molar-refractivity contribution in [2.24, 2.45) is 0 Å². The van der Waals surface area contributed by atoms with Crippen molar-refractivity contribution in [2.45, 2.75) is 31.7 Å². The summed E-state index contributed by atoms with van der Waals surface area (Å²) < 4.78 is 0. The van der Waals surface area contributed by atoms with Gasteiger partial charge in [0.1, 0.15) is 5.82 Å². The number of piperidine rings is 1. The van der Waals surface area contributed by atoms with Gasteiger partial charge in [0, 0.05) is 24.2 Å². The van der Waals surface area contributed by atoms with Crippen molar-refractivity contribution in [3.8, 4) is 0 Å². The number of amides is 1. The van der Waals surface area contributed by atoms with Gasteiger partial charge in [-0.15, -0.1) is 0 Å². The van der Waals surface area contributed by atoms with E-state index in [0.717, 1.165) is 54.5 Å². The normalized spacial score (nSPS) is 16.1. The van der Waals surface area contributed by atoms with Gasteiger partial charge in [-0.2, -0.15) is 42.3 Å². The molecule has 0 aliphatic carbocycles. The van der Waals surface area contributed by atoms with E-state index < -0.39 is 0 Å². The largest absolute Gasteiger partial charge is 2.00 e. The van der Waals surface area contributed by atoms with E-state index in [1.165, 1.54) is 0 Å². The number of nitrogens with zero attached hydrogens (tertiary/aromatic N) is 2. The quantitative estimate of drug-likeness (QED) is 0.469. The number of aryl methyl sites for hydroxylation is 1. The maximum Gasteiger partial charge on any atom is 2.00 e. The molecule has 1 N–H and O–H groups in total. The summed E-state index contributed by atoms with van der Waals surface area (Å²) in [5.74, 6) is 0.799. The number of pyridine rings is 1. The number of nitrogens with one attached hydrogen (secondary N) is 1. The standard InChI is InChI=1S/C24H25N3O.W/c28-23(14-6-10-19-8-2-1-3-9-19)27(21-12-7-16-25-18-21)24-22-13-5-4-11-20(22)15-17-26-24;/h1-5,8,11,13-15,17,21,25H,6-7,10,12,16,18H2;/q-2;+2. The van der Waals surface area contributed by atoms with Gasteiger partial charge in [0.15, 0.2) is 0 Å². The van der Waals surface area contributed by atoms with Crippen molar-refractivity contribution in [3.05, 3.63) is 78.8 Å². The number of fused-ring (bicyclic) bond motifs is 1. The number of benzene rings is 2. The third kappa shape index (κ3) is 5.26. The van der Waals surface area contributed by atoms with Crippen molar-refractivity contribution in [3.63, 3.8) is 0 Å². The first-order valence-electron chi connectivity index (χ1n) is 9.99. The fraction of sp³-hybridized carbons (Fsp3) is 0.292. The Morgan fingerprint density at radius 1 is 1.21 bits per heavy atom. The Bertz CT molecular complexity index is 920. The first-order chi connectivity index (χ1) is 13.8. The molecule has 2 heterocycles. The van der Waals surface area contributed by atoms with E-state index in [9.17, 15) is 4.79 Å². The van der Waals surface area contributed by atoms with Gasteiger partial charge in [-0.05, 0) is 30.8 Å². The molecule has 148 valence electrons. The summed E-state index contributed by atoms with van der Waals surface area (Å²) in [6.07, 6.45) is 7.17. The molecule has 0 bridgehead atoms. The second-order valence-electron chi connectivity index (χ2n) is 7.19. The zero-order chi connectivity index (χ0) is 19.2. The molecule has 1 aromatic heterocycles. The second-order valence-corrected chi connectivity index (χ2v) is 7.19. The molecule has 1 fully saturated rings. The van der Waals surface area contributed by atoms with E-state index in [1.54, 1.807) is 12.6 Å². The predicted molar refractivity (Wildman–Crippen MR) is 113 cm³/mol. The summed E-state index contributed by atoms with van der Waals surface area (Å²) in [7, 11) is 0. The van der Waals surface area contributed by atoms with E-state index >= 15 is 0 Å². The molecule has 1 aliphatic rings. The predicted octanol–water partition coefficient (Wildman–Crippen LogP) is 3.95. The second kappa shape index (κ2) is 10.6. The first-order valence-corrected chi connectivity index (χ1v) is 9.99. The van der Waals surface area contributed by atoms with Crippen LogP contribution in [0.4, 0.5) is 5.82 Å². The van der Waals surface area contributed by atoms with Gasteiger partial charge in [-0.1, -0.05) is 30.7 Å². The smallest absolute Gasteiger partial charge is 0.317 e. The van der Waals surface area contributed by atoms with Crippen LogP contribution >= 0.6 is 0 Å². The van der Waals surface area contributed by atoms with Crippen molar-refractivity contribution < 1.29 is 25.9 Å². The molecule has 1 amide bonds. The van der Waals surface area contributed by atoms with Gasteiger partial charge in [0.25, 0.3) is 0 Å². The molecule has 5 heteroatoms. The van der Waals surface area contributed by atoms with Crippen molar-refractivity contribution >= 4 is 22.5 Å². The number of carbonyl (C=O) groups excluding carboxylic acids is 1. The van der Waals surface area contributed by atoms with Crippen molar-refractivity contribution in [1.29, 1.82) is 0 Å². The fourth-order valence-corrected chi connectivity index (χ4v) is 3.84. The number of aromatic nitrogens is 1. The van der Waals surface area contributed by atoms with Crippen LogP contribution in [-0.4, -0.2) is 30.0 Å². The summed E-state index contributed by atoms with van der Waals surface area (Å²) >= 11 is 0. The van der Waals surface area contributed by atoms with Crippen LogP contribution in [0.5, 0.6) is 0 Å². The Balaban J connectivity index is 0.00000240. The number of rotatable bonds is 6. The van der Waals surface area contributed by atoms with Gasteiger partial charge in [-0.3, -0.25) is 0 Å². The van der Waals surface area contributed by atoms with Gasteiger partial charge in [0.05, 0.1) is 5.91 Å². The maximum absolute atomic E-state index is 13.3. The Labute approximate surface area is 187 Å². The number of hydrogen-bond donors (Lipinski definition) is 1. The zero-order valence-electron chi connectivity index (χ0n) is 16.4. The minimum Gasteiger partial charge on any atom is -0.317 e. The van der Waals surface area contributed by atoms with E-state index in [1.807, 2.05) is 53.4 Å². The third-order valence-corrected chi connectivity index (χ3v) is 5.26. The van der Waals surface area contributed by atoms with Crippen LogP contribution in [0.1, 0.15) is 24.8 Å². The molecule has 4 rings (SSSR count). The van der Waals surface area contributed by atoms with Crippen LogP contribution in [0.3, 0.4) is 0 Å². The Morgan fingerprint density at radius 3 is 2.86 bits per heavy atom. The first kappa shape index (κ1) is 21.5. The molecule has 0 saturated carbocycles. The van der Waals surface area contributed by atoms with E-state index in [2.05, 4.69) is 22.4 Å². The molecule has 3 aromatic rings.